The van der Waals surface area contributed by atoms with E-state index in [1.165, 1.54) is 12.8 Å². The SMILES string of the molecule is CCc1[nH]nc(C(=O)N2C[C@H]3CC[C@H]3C2)c1Br. The molecule has 1 N–H and O–H groups in total. The average Bonchev–Trinajstić information content (AvgIpc) is 2.80. The second-order valence-electron chi connectivity index (χ2n) is 5.03. The number of aryl methyl sites for hydroxylation is 1. The Bertz CT molecular complexity index is 445. The molecule has 2 fully saturated rings. The lowest BCUT2D eigenvalue weighted by Gasteiger charge is -2.27. The Balaban J connectivity index is 1.79. The maximum atomic E-state index is 12.3. The third-order valence-corrected chi connectivity index (χ3v) is 4.96. The van der Waals surface area contributed by atoms with Crippen LogP contribution in [0.25, 0.3) is 0 Å². The molecular formula is C12H16BrN3O. The van der Waals surface area contributed by atoms with Gasteiger partial charge in [0.15, 0.2) is 5.69 Å². The Kier molecular flexibility index (Phi) is 2.73. The van der Waals surface area contributed by atoms with E-state index in [9.17, 15) is 4.79 Å². The number of fused-ring (bicyclic) bond motifs is 1. The Morgan fingerprint density at radius 1 is 1.47 bits per heavy atom. The first-order valence-corrected chi connectivity index (χ1v) is 7.02. The van der Waals surface area contributed by atoms with Crippen LogP contribution in [0.1, 0.15) is 35.9 Å². The largest absolute Gasteiger partial charge is 0.337 e. The Morgan fingerprint density at radius 2 is 2.12 bits per heavy atom. The first-order valence-electron chi connectivity index (χ1n) is 6.22. The predicted molar refractivity (Wildman–Crippen MR) is 67.8 cm³/mol. The molecule has 17 heavy (non-hydrogen) atoms. The van der Waals surface area contributed by atoms with Gasteiger partial charge >= 0.3 is 0 Å². The molecule has 0 radical (unpaired) electrons. The van der Waals surface area contributed by atoms with E-state index in [1.54, 1.807) is 0 Å². The summed E-state index contributed by atoms with van der Waals surface area (Å²) in [7, 11) is 0. The van der Waals surface area contributed by atoms with Crippen LogP contribution >= 0.6 is 15.9 Å². The van der Waals surface area contributed by atoms with Gasteiger partial charge in [-0.3, -0.25) is 9.89 Å². The van der Waals surface area contributed by atoms with E-state index in [1.807, 2.05) is 11.8 Å². The number of amides is 1. The highest BCUT2D eigenvalue weighted by Crippen LogP contribution is 2.41. The molecule has 2 aliphatic rings. The van der Waals surface area contributed by atoms with Crippen molar-refractivity contribution in [3.8, 4) is 0 Å². The molecule has 2 atom stereocenters. The average molecular weight is 298 g/mol. The fraction of sp³-hybridized carbons (Fsp3) is 0.667. The minimum Gasteiger partial charge on any atom is -0.337 e. The Morgan fingerprint density at radius 3 is 2.59 bits per heavy atom. The summed E-state index contributed by atoms with van der Waals surface area (Å²) >= 11 is 3.46. The number of aromatic amines is 1. The molecule has 1 saturated carbocycles. The number of hydrogen-bond donors (Lipinski definition) is 1. The molecule has 0 spiro atoms. The molecule has 1 saturated heterocycles. The van der Waals surface area contributed by atoms with Crippen LogP contribution < -0.4 is 0 Å². The minimum atomic E-state index is 0.0715. The van der Waals surface area contributed by atoms with Gasteiger partial charge in [0.2, 0.25) is 0 Å². The summed E-state index contributed by atoms with van der Waals surface area (Å²) in [5.41, 5.74) is 1.54. The van der Waals surface area contributed by atoms with E-state index >= 15 is 0 Å². The van der Waals surface area contributed by atoms with E-state index in [4.69, 9.17) is 0 Å². The molecule has 92 valence electrons. The molecule has 3 rings (SSSR count). The van der Waals surface area contributed by atoms with Crippen molar-refractivity contribution in [1.82, 2.24) is 15.1 Å². The van der Waals surface area contributed by atoms with Crippen LogP contribution in [-0.4, -0.2) is 34.1 Å². The quantitative estimate of drug-likeness (QED) is 0.910. The molecule has 2 heterocycles. The van der Waals surface area contributed by atoms with Crippen molar-refractivity contribution in [3.63, 3.8) is 0 Å². The smallest absolute Gasteiger partial charge is 0.275 e. The Labute approximate surface area is 109 Å². The topological polar surface area (TPSA) is 49.0 Å². The molecule has 1 aliphatic heterocycles. The summed E-state index contributed by atoms with van der Waals surface area (Å²) < 4.78 is 0.837. The van der Waals surface area contributed by atoms with Crippen molar-refractivity contribution < 1.29 is 4.79 Å². The normalized spacial score (nSPS) is 26.8. The van der Waals surface area contributed by atoms with Crippen LogP contribution in [0, 0.1) is 11.8 Å². The number of H-pyrrole nitrogens is 1. The second kappa shape index (κ2) is 4.12. The molecule has 1 amide bonds. The van der Waals surface area contributed by atoms with Crippen LogP contribution in [0.3, 0.4) is 0 Å². The highest BCUT2D eigenvalue weighted by atomic mass is 79.9. The summed E-state index contributed by atoms with van der Waals surface area (Å²) in [6, 6.07) is 0. The predicted octanol–water partition coefficient (Wildman–Crippen LogP) is 2.22. The highest BCUT2D eigenvalue weighted by Gasteiger charge is 2.41. The number of hydrogen-bond acceptors (Lipinski definition) is 2. The molecule has 1 aromatic heterocycles. The monoisotopic (exact) mass is 297 g/mol. The molecule has 5 heteroatoms. The molecule has 0 aromatic carbocycles. The number of nitrogens with one attached hydrogen (secondary N) is 1. The minimum absolute atomic E-state index is 0.0715. The summed E-state index contributed by atoms with van der Waals surface area (Å²) in [6.07, 6.45) is 3.43. The molecule has 4 nitrogen and oxygen atoms in total. The van der Waals surface area contributed by atoms with Crippen LogP contribution in [0.15, 0.2) is 4.47 Å². The van der Waals surface area contributed by atoms with Crippen LogP contribution in [0.5, 0.6) is 0 Å². The van der Waals surface area contributed by atoms with Gasteiger partial charge in [-0.1, -0.05) is 6.92 Å². The van der Waals surface area contributed by atoms with E-state index in [0.717, 1.165) is 41.5 Å². The van der Waals surface area contributed by atoms with Crippen molar-refractivity contribution >= 4 is 21.8 Å². The zero-order valence-electron chi connectivity index (χ0n) is 9.87. The maximum absolute atomic E-state index is 12.3. The van der Waals surface area contributed by atoms with E-state index in [-0.39, 0.29) is 5.91 Å². The summed E-state index contributed by atoms with van der Waals surface area (Å²) in [5, 5.41) is 7.06. The first-order chi connectivity index (χ1) is 8.20. The Hall–Kier alpha value is -0.840. The van der Waals surface area contributed by atoms with Gasteiger partial charge in [0.1, 0.15) is 0 Å². The highest BCUT2D eigenvalue weighted by molar-refractivity contribution is 9.10. The third kappa shape index (κ3) is 1.71. The molecular weight excluding hydrogens is 282 g/mol. The van der Waals surface area contributed by atoms with E-state index in [2.05, 4.69) is 26.1 Å². The second-order valence-corrected chi connectivity index (χ2v) is 5.82. The standard InChI is InChI=1S/C12H16BrN3O/c1-2-9-10(13)11(15-14-9)12(17)16-5-7-3-4-8(7)6-16/h7-8H,2-6H2,1H3,(H,14,15)/t7-,8+. The van der Waals surface area contributed by atoms with Crippen molar-refractivity contribution in [2.45, 2.75) is 26.2 Å². The van der Waals surface area contributed by atoms with Gasteiger partial charge in [0.25, 0.3) is 5.91 Å². The van der Waals surface area contributed by atoms with E-state index < -0.39 is 0 Å². The zero-order chi connectivity index (χ0) is 12.0. The van der Waals surface area contributed by atoms with Gasteiger partial charge in [0, 0.05) is 18.8 Å². The van der Waals surface area contributed by atoms with Crippen LogP contribution in [0.4, 0.5) is 0 Å². The van der Waals surface area contributed by atoms with Gasteiger partial charge in [-0.25, -0.2) is 0 Å². The number of nitrogens with zero attached hydrogens (tertiary/aromatic N) is 2. The van der Waals surface area contributed by atoms with Gasteiger partial charge in [0.05, 0.1) is 4.47 Å². The van der Waals surface area contributed by atoms with Crippen LogP contribution in [0.2, 0.25) is 0 Å². The van der Waals surface area contributed by atoms with Gasteiger partial charge < -0.3 is 4.90 Å². The fourth-order valence-electron chi connectivity index (χ4n) is 2.82. The molecule has 1 aliphatic carbocycles. The zero-order valence-corrected chi connectivity index (χ0v) is 11.5. The van der Waals surface area contributed by atoms with Crippen molar-refractivity contribution in [2.75, 3.05) is 13.1 Å². The molecule has 0 unspecified atom stereocenters. The number of aromatic nitrogens is 2. The molecule has 0 bridgehead atoms. The van der Waals surface area contributed by atoms with Gasteiger partial charge in [-0.05, 0) is 47.0 Å². The van der Waals surface area contributed by atoms with Crippen LogP contribution in [-0.2, 0) is 6.42 Å². The van der Waals surface area contributed by atoms with Crippen molar-refractivity contribution in [3.05, 3.63) is 15.9 Å². The lowest BCUT2D eigenvalue weighted by atomic mass is 9.77. The number of likely N-dealkylation sites (tertiary alicyclic amines) is 1. The third-order valence-electron chi connectivity index (χ3n) is 4.10. The fourth-order valence-corrected chi connectivity index (χ4v) is 3.44. The van der Waals surface area contributed by atoms with Crippen molar-refractivity contribution in [2.24, 2.45) is 11.8 Å². The lowest BCUT2D eigenvalue weighted by Crippen LogP contribution is -2.29. The summed E-state index contributed by atoms with van der Waals surface area (Å²) in [5.74, 6) is 1.58. The number of carbonyl (C=O) groups excluding carboxylic acids is 1. The maximum Gasteiger partial charge on any atom is 0.275 e. The number of halogens is 1. The van der Waals surface area contributed by atoms with Gasteiger partial charge in [-0.2, -0.15) is 5.10 Å². The van der Waals surface area contributed by atoms with E-state index in [0.29, 0.717) is 5.69 Å². The molecule has 1 aromatic rings. The number of carbonyl (C=O) groups is 1. The first kappa shape index (κ1) is 11.3. The number of rotatable bonds is 2. The van der Waals surface area contributed by atoms with Gasteiger partial charge in [-0.15, -0.1) is 0 Å². The lowest BCUT2D eigenvalue weighted by molar-refractivity contribution is 0.0780. The summed E-state index contributed by atoms with van der Waals surface area (Å²) in [6.45, 7) is 3.89. The van der Waals surface area contributed by atoms with Crippen molar-refractivity contribution in [1.29, 1.82) is 0 Å². The summed E-state index contributed by atoms with van der Waals surface area (Å²) in [4.78, 5) is 14.3.